The lowest BCUT2D eigenvalue weighted by Gasteiger charge is -2.16. The van der Waals surface area contributed by atoms with E-state index in [9.17, 15) is 4.79 Å². The van der Waals surface area contributed by atoms with Gasteiger partial charge in [0, 0.05) is 29.0 Å². The molecule has 1 aliphatic carbocycles. The molecule has 1 unspecified atom stereocenters. The number of nitrogens with one attached hydrogen (secondary N) is 3. The third-order valence-electron chi connectivity index (χ3n) is 4.06. The molecule has 0 bridgehead atoms. The summed E-state index contributed by atoms with van der Waals surface area (Å²) in [4.78, 5) is 11.6. The molecule has 0 radical (unpaired) electrons. The van der Waals surface area contributed by atoms with Crippen LogP contribution >= 0.6 is 0 Å². The van der Waals surface area contributed by atoms with Crippen molar-refractivity contribution < 1.29 is 4.79 Å². The smallest absolute Gasteiger partial charge is 0.224 e. The van der Waals surface area contributed by atoms with Crippen molar-refractivity contribution in [1.82, 2.24) is 15.5 Å². The first kappa shape index (κ1) is 16.6. The Morgan fingerprint density at radius 1 is 1.52 bits per heavy atom. The normalized spacial score (nSPS) is 17.0. The number of amidine groups is 1. The minimum absolute atomic E-state index is 0.00784. The molecule has 8 heteroatoms. The largest absolute Gasteiger partial charge is 0.326 e. The summed E-state index contributed by atoms with van der Waals surface area (Å²) in [5.74, 6) is 5.05. The number of carbonyl (C=O) groups excluding carboxylic acids is 1. The molecule has 1 aromatic carbocycles. The number of fused-ring (bicyclic) bond motifs is 1. The van der Waals surface area contributed by atoms with Gasteiger partial charge in [-0.3, -0.25) is 15.3 Å². The van der Waals surface area contributed by atoms with Crippen LogP contribution in [0.4, 0.5) is 0 Å². The van der Waals surface area contributed by atoms with Gasteiger partial charge in [-0.2, -0.15) is 5.10 Å². The van der Waals surface area contributed by atoms with Crippen LogP contribution in [-0.2, 0) is 4.79 Å². The predicted molar refractivity (Wildman–Crippen MR) is 95.0 cm³/mol. The number of aromatic nitrogens is 2. The lowest BCUT2D eigenvalue weighted by Crippen LogP contribution is -2.22. The second-order valence-electron chi connectivity index (χ2n) is 5.70. The summed E-state index contributed by atoms with van der Waals surface area (Å²) < 4.78 is 0. The van der Waals surface area contributed by atoms with Crippen LogP contribution in [0.2, 0.25) is 0 Å². The van der Waals surface area contributed by atoms with Crippen LogP contribution in [0.5, 0.6) is 0 Å². The highest BCUT2D eigenvalue weighted by Gasteiger charge is 2.18. The number of nitrogens with two attached hydrogens (primary N) is 1. The van der Waals surface area contributed by atoms with E-state index in [0.717, 1.165) is 28.7 Å². The molecule has 3 rings (SSSR count). The lowest BCUT2D eigenvalue weighted by molar-refractivity contribution is -0.120. The number of benzene rings is 1. The van der Waals surface area contributed by atoms with Crippen molar-refractivity contribution in [1.29, 1.82) is 5.41 Å². The summed E-state index contributed by atoms with van der Waals surface area (Å²) in [6.45, 7) is 1.82. The van der Waals surface area contributed by atoms with Crippen LogP contribution in [-0.4, -0.2) is 21.9 Å². The topological polar surface area (TPSA) is 132 Å². The van der Waals surface area contributed by atoms with Gasteiger partial charge in [0.05, 0.1) is 11.2 Å². The third kappa shape index (κ3) is 3.47. The van der Waals surface area contributed by atoms with E-state index in [2.05, 4.69) is 25.9 Å². The van der Waals surface area contributed by atoms with Crippen LogP contribution in [0.1, 0.15) is 36.9 Å². The van der Waals surface area contributed by atoms with Crippen molar-refractivity contribution >= 4 is 22.6 Å². The predicted octanol–water partition coefficient (Wildman–Crippen LogP) is 2.67. The van der Waals surface area contributed by atoms with E-state index in [1.807, 2.05) is 37.3 Å². The highest BCUT2D eigenvalue weighted by atomic mass is 16.1. The molecule has 0 saturated carbocycles. The number of hydrogen-bond acceptors (Lipinski definition) is 4. The summed E-state index contributed by atoms with van der Waals surface area (Å²) >= 11 is 0. The lowest BCUT2D eigenvalue weighted by atomic mass is 9.93. The molecular weight excluding hydrogens is 318 g/mol. The molecule has 2 aromatic rings. The molecule has 1 atom stereocenters. The molecule has 8 nitrogen and oxygen atoms in total. The van der Waals surface area contributed by atoms with E-state index in [1.54, 1.807) is 6.07 Å². The Bertz CT molecular complexity index is 907. The maximum Gasteiger partial charge on any atom is 0.224 e. The van der Waals surface area contributed by atoms with Gasteiger partial charge in [0.25, 0.3) is 0 Å². The summed E-state index contributed by atoms with van der Waals surface area (Å²) in [5.41, 5.74) is 3.13. The Morgan fingerprint density at radius 3 is 3.12 bits per heavy atom. The van der Waals surface area contributed by atoms with Crippen molar-refractivity contribution in [3.05, 3.63) is 53.4 Å². The summed E-state index contributed by atoms with van der Waals surface area (Å²) in [5, 5.41) is 25.8. The molecule has 0 fully saturated rings. The Balaban J connectivity index is 1.95. The molecule has 0 spiro atoms. The summed E-state index contributed by atoms with van der Waals surface area (Å²) in [7, 11) is 0. The molecule has 0 saturated heterocycles. The van der Waals surface area contributed by atoms with Gasteiger partial charge in [0.2, 0.25) is 5.91 Å². The van der Waals surface area contributed by atoms with E-state index in [4.69, 9.17) is 11.3 Å². The van der Waals surface area contributed by atoms with Gasteiger partial charge in [-0.15, -0.1) is 5.11 Å². The fourth-order valence-electron chi connectivity index (χ4n) is 2.79. The van der Waals surface area contributed by atoms with Crippen molar-refractivity contribution in [3.63, 3.8) is 0 Å². The molecule has 1 aliphatic rings. The first-order valence-corrected chi connectivity index (χ1v) is 7.98. The zero-order valence-electron chi connectivity index (χ0n) is 13.8. The minimum Gasteiger partial charge on any atom is -0.326 e. The Hall–Kier alpha value is -3.29. The van der Waals surface area contributed by atoms with E-state index in [0.29, 0.717) is 12.0 Å². The first-order chi connectivity index (χ1) is 12.1. The zero-order chi connectivity index (χ0) is 17.8. The minimum atomic E-state index is -0.0195. The Morgan fingerprint density at radius 2 is 2.36 bits per heavy atom. The van der Waals surface area contributed by atoms with Gasteiger partial charge >= 0.3 is 0 Å². The number of nitrogens with zero attached hydrogens (tertiary/aromatic N) is 3. The molecular formula is C17H19N7O. The van der Waals surface area contributed by atoms with E-state index in [1.165, 1.54) is 0 Å². The quantitative estimate of drug-likeness (QED) is 0.225. The van der Waals surface area contributed by atoms with Gasteiger partial charge in [-0.1, -0.05) is 24.3 Å². The number of aromatic amines is 1. The van der Waals surface area contributed by atoms with E-state index >= 15 is 0 Å². The number of H-pyrrole nitrogens is 1. The van der Waals surface area contributed by atoms with Crippen molar-refractivity contribution in [3.8, 4) is 0 Å². The third-order valence-corrected chi connectivity index (χ3v) is 4.06. The number of carbonyl (C=O) groups is 1. The first-order valence-electron chi connectivity index (χ1n) is 7.98. The van der Waals surface area contributed by atoms with Crippen LogP contribution in [0.25, 0.3) is 10.9 Å². The van der Waals surface area contributed by atoms with Crippen LogP contribution in [0, 0.1) is 5.41 Å². The van der Waals surface area contributed by atoms with Crippen LogP contribution < -0.4 is 11.2 Å². The highest BCUT2D eigenvalue weighted by Crippen LogP contribution is 2.31. The fourth-order valence-corrected chi connectivity index (χ4v) is 2.79. The zero-order valence-corrected chi connectivity index (χ0v) is 13.8. The van der Waals surface area contributed by atoms with Gasteiger partial charge in [-0.05, 0) is 30.7 Å². The second-order valence-corrected chi connectivity index (χ2v) is 5.70. The van der Waals surface area contributed by atoms with Gasteiger partial charge in [0.15, 0.2) is 5.84 Å². The number of amides is 1. The van der Waals surface area contributed by atoms with Crippen molar-refractivity contribution in [2.75, 3.05) is 0 Å². The molecule has 1 heterocycles. The molecule has 0 aliphatic heterocycles. The summed E-state index contributed by atoms with van der Waals surface area (Å²) in [6, 6.07) is 5.43. The Labute approximate surface area is 144 Å². The molecule has 5 N–H and O–H groups in total. The highest BCUT2D eigenvalue weighted by molar-refractivity contribution is 6.00. The van der Waals surface area contributed by atoms with Crippen molar-refractivity contribution in [2.45, 2.75) is 25.7 Å². The fraction of sp³-hybridized carbons (Fsp3) is 0.235. The average molecular weight is 337 g/mol. The number of hydrogen-bond donors (Lipinski definition) is 4. The standard InChI is InChI=1S/C17H19N7O/c1-2-15(25)20-12-5-3-4-10(8-12)16-13-9-11(17(18)23-24-19)6-7-14(13)21-22-16/h3,5-10H,2,4H2,1H3,(H,20,25)(H,21,22)(H3,18,19,23). The number of rotatable bonds is 4. The molecule has 128 valence electrons. The second kappa shape index (κ2) is 7.08. The van der Waals surface area contributed by atoms with Gasteiger partial charge in [-0.25, -0.2) is 0 Å². The summed E-state index contributed by atoms with van der Waals surface area (Å²) in [6.07, 6.45) is 7.18. The van der Waals surface area contributed by atoms with Crippen LogP contribution in [0.3, 0.4) is 0 Å². The Kier molecular flexibility index (Phi) is 4.69. The molecule has 1 amide bonds. The SMILES string of the molecule is CCC(=O)NC1=CC(c2[nH]nc3ccc(C(=N)N=NN)cc23)CC=C1. The van der Waals surface area contributed by atoms with E-state index < -0.39 is 0 Å². The average Bonchev–Trinajstić information content (AvgIpc) is 3.05. The maximum absolute atomic E-state index is 11.6. The van der Waals surface area contributed by atoms with Crippen molar-refractivity contribution in [2.24, 2.45) is 16.2 Å². The maximum atomic E-state index is 11.6. The van der Waals surface area contributed by atoms with E-state index in [-0.39, 0.29) is 17.7 Å². The van der Waals surface area contributed by atoms with Crippen LogP contribution in [0.15, 0.2) is 52.5 Å². The van der Waals surface area contributed by atoms with Gasteiger partial charge < -0.3 is 11.2 Å². The molecule has 25 heavy (non-hydrogen) atoms. The monoisotopic (exact) mass is 337 g/mol. The molecule has 1 aromatic heterocycles. The van der Waals surface area contributed by atoms with Gasteiger partial charge in [0.1, 0.15) is 0 Å². The number of allylic oxidation sites excluding steroid dienone is 3.